The van der Waals surface area contributed by atoms with Crippen molar-refractivity contribution in [2.24, 2.45) is 0 Å². The van der Waals surface area contributed by atoms with Crippen LogP contribution in [0.2, 0.25) is 5.02 Å². The largest absolute Gasteiger partial charge is 0.395 e. The zero-order valence-electron chi connectivity index (χ0n) is 9.40. The molecule has 0 fully saturated rings. The summed E-state index contributed by atoms with van der Waals surface area (Å²) in [5.74, 6) is -0.147. The van der Waals surface area contributed by atoms with Gasteiger partial charge in [0.05, 0.1) is 6.61 Å². The number of nitrogens with zero attached hydrogens (tertiary/aromatic N) is 1. The van der Waals surface area contributed by atoms with Crippen LogP contribution in [0.1, 0.15) is 10.5 Å². The van der Waals surface area contributed by atoms with Gasteiger partial charge in [0.1, 0.15) is 5.69 Å². The molecule has 0 saturated heterocycles. The van der Waals surface area contributed by atoms with E-state index in [1.165, 1.54) is 4.90 Å². The Labute approximate surface area is 104 Å². The summed E-state index contributed by atoms with van der Waals surface area (Å²) in [6.07, 6.45) is 0. The zero-order chi connectivity index (χ0) is 12.4. The van der Waals surface area contributed by atoms with Gasteiger partial charge in [-0.2, -0.15) is 0 Å². The van der Waals surface area contributed by atoms with Gasteiger partial charge >= 0.3 is 0 Å². The van der Waals surface area contributed by atoms with Crippen molar-refractivity contribution >= 4 is 28.4 Å². The van der Waals surface area contributed by atoms with Gasteiger partial charge in [-0.25, -0.2) is 0 Å². The second-order valence-corrected chi connectivity index (χ2v) is 4.30. The molecule has 0 radical (unpaired) electrons. The molecular weight excluding hydrogens is 240 g/mol. The fourth-order valence-electron chi connectivity index (χ4n) is 1.67. The number of aromatic nitrogens is 1. The fourth-order valence-corrected chi connectivity index (χ4v) is 1.84. The van der Waals surface area contributed by atoms with Gasteiger partial charge < -0.3 is 15.0 Å². The first-order chi connectivity index (χ1) is 8.11. The minimum atomic E-state index is -0.147. The number of likely N-dealkylation sites (N-methyl/N-ethyl adjacent to an activating group) is 1. The van der Waals surface area contributed by atoms with E-state index in [9.17, 15) is 4.79 Å². The maximum Gasteiger partial charge on any atom is 0.270 e. The SMILES string of the molecule is CN(CCO)C(=O)c1cc2ccc(Cl)cc2[nH]1. The lowest BCUT2D eigenvalue weighted by Gasteiger charge is -2.13. The lowest BCUT2D eigenvalue weighted by molar-refractivity contribution is 0.0762. The fraction of sp³-hybridized carbons (Fsp3) is 0.250. The van der Waals surface area contributed by atoms with Crippen LogP contribution in [0.5, 0.6) is 0 Å². The number of carbonyl (C=O) groups is 1. The third kappa shape index (κ3) is 2.43. The Morgan fingerprint density at radius 2 is 2.24 bits per heavy atom. The average Bonchev–Trinajstić information content (AvgIpc) is 2.71. The quantitative estimate of drug-likeness (QED) is 0.877. The van der Waals surface area contributed by atoms with Gasteiger partial charge in [-0.15, -0.1) is 0 Å². The minimum Gasteiger partial charge on any atom is -0.395 e. The molecule has 0 aliphatic heterocycles. The second-order valence-electron chi connectivity index (χ2n) is 3.86. The van der Waals surface area contributed by atoms with E-state index in [1.807, 2.05) is 6.07 Å². The number of hydrogen-bond acceptors (Lipinski definition) is 2. The monoisotopic (exact) mass is 252 g/mol. The van der Waals surface area contributed by atoms with Crippen LogP contribution in [0.3, 0.4) is 0 Å². The number of halogens is 1. The van der Waals surface area contributed by atoms with Crippen LogP contribution in [0, 0.1) is 0 Å². The second kappa shape index (κ2) is 4.77. The minimum absolute atomic E-state index is 0.0473. The van der Waals surface area contributed by atoms with E-state index in [-0.39, 0.29) is 12.5 Å². The highest BCUT2D eigenvalue weighted by molar-refractivity contribution is 6.31. The lowest BCUT2D eigenvalue weighted by Crippen LogP contribution is -2.29. The molecule has 0 aliphatic rings. The third-order valence-corrected chi connectivity index (χ3v) is 2.83. The Morgan fingerprint density at radius 3 is 2.94 bits per heavy atom. The average molecular weight is 253 g/mol. The van der Waals surface area contributed by atoms with Crippen molar-refractivity contribution in [3.05, 3.63) is 35.0 Å². The van der Waals surface area contributed by atoms with Gasteiger partial charge in [0, 0.05) is 29.5 Å². The van der Waals surface area contributed by atoms with E-state index in [2.05, 4.69) is 4.98 Å². The molecule has 2 rings (SSSR count). The molecule has 0 bridgehead atoms. The molecule has 0 aliphatic carbocycles. The molecule has 1 amide bonds. The van der Waals surface area contributed by atoms with E-state index in [4.69, 9.17) is 16.7 Å². The Balaban J connectivity index is 2.33. The van der Waals surface area contributed by atoms with Gasteiger partial charge in [-0.1, -0.05) is 17.7 Å². The van der Waals surface area contributed by atoms with Crippen molar-refractivity contribution in [1.29, 1.82) is 0 Å². The van der Waals surface area contributed by atoms with Crippen molar-refractivity contribution in [2.75, 3.05) is 20.2 Å². The molecule has 2 N–H and O–H groups in total. The first kappa shape index (κ1) is 12.0. The first-order valence-corrected chi connectivity index (χ1v) is 5.64. The topological polar surface area (TPSA) is 56.3 Å². The first-order valence-electron chi connectivity index (χ1n) is 5.26. The highest BCUT2D eigenvalue weighted by Gasteiger charge is 2.13. The van der Waals surface area contributed by atoms with E-state index in [0.717, 1.165) is 10.9 Å². The Bertz CT molecular complexity index is 550. The summed E-state index contributed by atoms with van der Waals surface area (Å²) in [6.45, 7) is 0.267. The van der Waals surface area contributed by atoms with Crippen LogP contribution >= 0.6 is 11.6 Å². The number of H-pyrrole nitrogens is 1. The molecule has 0 unspecified atom stereocenters. The van der Waals surface area contributed by atoms with E-state index in [0.29, 0.717) is 17.3 Å². The lowest BCUT2D eigenvalue weighted by atomic mass is 10.2. The van der Waals surface area contributed by atoms with Crippen molar-refractivity contribution in [3.8, 4) is 0 Å². The summed E-state index contributed by atoms with van der Waals surface area (Å²) in [4.78, 5) is 16.4. The number of hydrogen-bond donors (Lipinski definition) is 2. The van der Waals surface area contributed by atoms with Crippen LogP contribution in [-0.4, -0.2) is 41.1 Å². The molecule has 1 heterocycles. The molecule has 1 aromatic heterocycles. The maximum atomic E-state index is 11.9. The van der Waals surface area contributed by atoms with Gasteiger partial charge in [-0.3, -0.25) is 4.79 Å². The molecule has 0 saturated carbocycles. The summed E-state index contributed by atoms with van der Waals surface area (Å²) in [5.41, 5.74) is 1.33. The van der Waals surface area contributed by atoms with Crippen molar-refractivity contribution in [3.63, 3.8) is 0 Å². The van der Waals surface area contributed by atoms with Crippen LogP contribution in [0.25, 0.3) is 10.9 Å². The number of benzene rings is 1. The normalized spacial score (nSPS) is 10.8. The predicted molar refractivity (Wildman–Crippen MR) is 67.4 cm³/mol. The predicted octanol–water partition coefficient (Wildman–Crippen LogP) is 1.89. The molecule has 4 nitrogen and oxygen atoms in total. The molecule has 90 valence electrons. The summed E-state index contributed by atoms with van der Waals surface area (Å²) >= 11 is 5.87. The smallest absolute Gasteiger partial charge is 0.270 e. The molecule has 5 heteroatoms. The summed E-state index contributed by atoms with van der Waals surface area (Å²) in [6, 6.07) is 7.20. The number of aromatic amines is 1. The number of amides is 1. The Morgan fingerprint density at radius 1 is 1.47 bits per heavy atom. The third-order valence-electron chi connectivity index (χ3n) is 2.60. The van der Waals surface area contributed by atoms with Gasteiger partial charge in [0.15, 0.2) is 0 Å². The van der Waals surface area contributed by atoms with Crippen molar-refractivity contribution < 1.29 is 9.90 Å². The number of fused-ring (bicyclic) bond motifs is 1. The summed E-state index contributed by atoms with van der Waals surface area (Å²) in [5, 5.41) is 10.4. The standard InChI is InChI=1S/C12H13ClN2O2/c1-15(4-5-16)12(17)11-6-8-2-3-9(13)7-10(8)14-11/h2-3,6-7,14,16H,4-5H2,1H3. The van der Waals surface area contributed by atoms with Crippen LogP contribution in [0.15, 0.2) is 24.3 Å². The molecule has 17 heavy (non-hydrogen) atoms. The number of aliphatic hydroxyl groups excluding tert-OH is 1. The number of rotatable bonds is 3. The summed E-state index contributed by atoms with van der Waals surface area (Å²) in [7, 11) is 1.65. The van der Waals surface area contributed by atoms with Gasteiger partial charge in [0.2, 0.25) is 0 Å². The number of nitrogens with one attached hydrogen (secondary N) is 1. The van der Waals surface area contributed by atoms with Crippen LogP contribution < -0.4 is 0 Å². The van der Waals surface area contributed by atoms with Crippen molar-refractivity contribution in [2.45, 2.75) is 0 Å². The van der Waals surface area contributed by atoms with E-state index in [1.54, 1.807) is 25.2 Å². The highest BCUT2D eigenvalue weighted by Crippen LogP contribution is 2.20. The van der Waals surface area contributed by atoms with Gasteiger partial charge in [-0.05, 0) is 18.2 Å². The van der Waals surface area contributed by atoms with Crippen LogP contribution in [0.4, 0.5) is 0 Å². The summed E-state index contributed by atoms with van der Waals surface area (Å²) < 4.78 is 0. The van der Waals surface area contributed by atoms with E-state index >= 15 is 0 Å². The Hall–Kier alpha value is -1.52. The molecule has 0 spiro atoms. The highest BCUT2D eigenvalue weighted by atomic mass is 35.5. The van der Waals surface area contributed by atoms with Crippen LogP contribution in [-0.2, 0) is 0 Å². The number of aliphatic hydroxyl groups is 1. The molecule has 1 aromatic carbocycles. The van der Waals surface area contributed by atoms with Crippen molar-refractivity contribution in [1.82, 2.24) is 9.88 Å². The number of carbonyl (C=O) groups excluding carboxylic acids is 1. The van der Waals surface area contributed by atoms with E-state index < -0.39 is 0 Å². The Kier molecular flexibility index (Phi) is 3.36. The van der Waals surface area contributed by atoms with Gasteiger partial charge in [0.25, 0.3) is 5.91 Å². The molecular formula is C12H13ClN2O2. The maximum absolute atomic E-state index is 11.9. The molecule has 2 aromatic rings. The zero-order valence-corrected chi connectivity index (χ0v) is 10.2. The molecule has 0 atom stereocenters.